The zero-order chi connectivity index (χ0) is 14.3. The third-order valence-corrected chi connectivity index (χ3v) is 4.12. The molecule has 0 spiro atoms. The van der Waals surface area contributed by atoms with Crippen LogP contribution in [0.25, 0.3) is 10.9 Å². The Morgan fingerprint density at radius 2 is 2.30 bits per heavy atom. The monoisotopic (exact) mass is 272 g/mol. The molecule has 5 nitrogen and oxygen atoms in total. The second kappa shape index (κ2) is 4.81. The third-order valence-electron chi connectivity index (χ3n) is 4.12. The third kappa shape index (κ3) is 2.03. The highest BCUT2D eigenvalue weighted by molar-refractivity contribution is 6.05. The Morgan fingerprint density at radius 1 is 1.50 bits per heavy atom. The van der Waals surface area contributed by atoms with E-state index in [1.807, 2.05) is 23.1 Å². The van der Waals surface area contributed by atoms with E-state index in [9.17, 15) is 4.79 Å². The highest BCUT2D eigenvalue weighted by Gasteiger charge is 2.33. The number of carbonyl (C=O) groups is 1. The molecule has 3 N–H and O–H groups in total. The van der Waals surface area contributed by atoms with Crippen molar-refractivity contribution in [3.63, 3.8) is 0 Å². The predicted octanol–water partition coefficient (Wildman–Crippen LogP) is 2.41. The number of aromatic amines is 1. The molecule has 1 aliphatic rings. The highest BCUT2D eigenvalue weighted by Crippen LogP contribution is 2.27. The molecule has 2 aromatic rings. The van der Waals surface area contributed by atoms with Gasteiger partial charge in [0.1, 0.15) is 0 Å². The lowest BCUT2D eigenvalue weighted by atomic mass is 10.0. The lowest BCUT2D eigenvalue weighted by Crippen LogP contribution is -2.38. The molecule has 3 rings (SSSR count). The van der Waals surface area contributed by atoms with Crippen molar-refractivity contribution < 1.29 is 4.79 Å². The van der Waals surface area contributed by atoms with Crippen molar-refractivity contribution >= 4 is 22.5 Å². The number of hydrogen-bond donors (Lipinski definition) is 2. The first-order valence-electron chi connectivity index (χ1n) is 7.12. The van der Waals surface area contributed by atoms with Gasteiger partial charge in [-0.05, 0) is 37.0 Å². The Balaban J connectivity index is 1.98. The van der Waals surface area contributed by atoms with Crippen molar-refractivity contribution in [1.29, 1.82) is 0 Å². The maximum atomic E-state index is 12.8. The van der Waals surface area contributed by atoms with Crippen LogP contribution in [0.2, 0.25) is 0 Å². The number of nitrogens with zero attached hydrogens (tertiary/aromatic N) is 2. The van der Waals surface area contributed by atoms with E-state index in [-0.39, 0.29) is 5.91 Å². The SMILES string of the molecule is CC(C)C1CCCN1C(=O)c1n[nH]c2ccc(N)cc12. The first-order valence-corrected chi connectivity index (χ1v) is 7.12. The summed E-state index contributed by atoms with van der Waals surface area (Å²) in [7, 11) is 0. The zero-order valence-electron chi connectivity index (χ0n) is 11.9. The van der Waals surface area contributed by atoms with Crippen LogP contribution in [0.1, 0.15) is 37.2 Å². The predicted molar refractivity (Wildman–Crippen MR) is 79.4 cm³/mol. The summed E-state index contributed by atoms with van der Waals surface area (Å²) in [4.78, 5) is 14.7. The maximum Gasteiger partial charge on any atom is 0.275 e. The molecule has 0 aliphatic carbocycles. The zero-order valence-corrected chi connectivity index (χ0v) is 11.9. The molecule has 106 valence electrons. The maximum absolute atomic E-state index is 12.8. The average molecular weight is 272 g/mol. The first-order chi connectivity index (χ1) is 9.58. The normalized spacial score (nSPS) is 19.1. The summed E-state index contributed by atoms with van der Waals surface area (Å²) in [6.07, 6.45) is 2.15. The van der Waals surface area contributed by atoms with E-state index in [1.54, 1.807) is 0 Å². The fraction of sp³-hybridized carbons (Fsp3) is 0.467. The van der Waals surface area contributed by atoms with Crippen LogP contribution < -0.4 is 5.73 Å². The van der Waals surface area contributed by atoms with E-state index in [1.165, 1.54) is 0 Å². The van der Waals surface area contributed by atoms with Gasteiger partial charge in [0.25, 0.3) is 5.91 Å². The van der Waals surface area contributed by atoms with Gasteiger partial charge in [-0.15, -0.1) is 0 Å². The van der Waals surface area contributed by atoms with Gasteiger partial charge in [0.15, 0.2) is 5.69 Å². The summed E-state index contributed by atoms with van der Waals surface area (Å²) in [5.74, 6) is 0.481. The van der Waals surface area contributed by atoms with Crippen LogP contribution >= 0.6 is 0 Å². The number of H-pyrrole nitrogens is 1. The quantitative estimate of drug-likeness (QED) is 0.824. The van der Waals surface area contributed by atoms with Crippen LogP contribution in [0.4, 0.5) is 5.69 Å². The van der Waals surface area contributed by atoms with E-state index in [4.69, 9.17) is 5.73 Å². The van der Waals surface area contributed by atoms with Crippen molar-refractivity contribution in [3.8, 4) is 0 Å². The number of likely N-dealkylation sites (tertiary alicyclic amines) is 1. The minimum Gasteiger partial charge on any atom is -0.399 e. The van der Waals surface area contributed by atoms with Crippen molar-refractivity contribution in [1.82, 2.24) is 15.1 Å². The van der Waals surface area contributed by atoms with Crippen molar-refractivity contribution in [2.24, 2.45) is 5.92 Å². The number of nitrogens with two attached hydrogens (primary N) is 1. The minimum atomic E-state index is 0.0121. The summed E-state index contributed by atoms with van der Waals surface area (Å²) < 4.78 is 0. The van der Waals surface area contributed by atoms with E-state index in [2.05, 4.69) is 24.0 Å². The molecule has 0 bridgehead atoms. The molecule has 2 heterocycles. The topological polar surface area (TPSA) is 75.0 Å². The Kier molecular flexibility index (Phi) is 3.12. The van der Waals surface area contributed by atoms with E-state index < -0.39 is 0 Å². The van der Waals surface area contributed by atoms with Crippen LogP contribution in [-0.4, -0.2) is 33.6 Å². The summed E-state index contributed by atoms with van der Waals surface area (Å²) in [5, 5.41) is 7.92. The number of nitrogen functional groups attached to an aromatic ring is 1. The van der Waals surface area contributed by atoms with Crippen molar-refractivity contribution in [3.05, 3.63) is 23.9 Å². The van der Waals surface area contributed by atoms with Gasteiger partial charge in [-0.25, -0.2) is 0 Å². The lowest BCUT2D eigenvalue weighted by molar-refractivity contribution is 0.0697. The smallest absolute Gasteiger partial charge is 0.275 e. The molecule has 1 atom stereocenters. The Labute approximate surface area is 118 Å². The van der Waals surface area contributed by atoms with Gasteiger partial charge in [0.2, 0.25) is 0 Å². The number of anilines is 1. The van der Waals surface area contributed by atoms with Crippen molar-refractivity contribution in [2.75, 3.05) is 12.3 Å². The molecule has 5 heteroatoms. The van der Waals surface area contributed by atoms with Gasteiger partial charge in [-0.1, -0.05) is 13.8 Å². The van der Waals surface area contributed by atoms with Gasteiger partial charge in [-0.2, -0.15) is 5.10 Å². The largest absolute Gasteiger partial charge is 0.399 e. The van der Waals surface area contributed by atoms with Gasteiger partial charge >= 0.3 is 0 Å². The van der Waals surface area contributed by atoms with Gasteiger partial charge in [0, 0.05) is 23.7 Å². The van der Waals surface area contributed by atoms with Crippen molar-refractivity contribution in [2.45, 2.75) is 32.7 Å². The number of hydrogen-bond acceptors (Lipinski definition) is 3. The second-order valence-electron chi connectivity index (χ2n) is 5.83. The molecule has 1 fully saturated rings. The molecule has 0 saturated carbocycles. The molecule has 20 heavy (non-hydrogen) atoms. The van der Waals surface area contributed by atoms with Crippen LogP contribution in [0, 0.1) is 5.92 Å². The molecular formula is C15H20N4O. The molecular weight excluding hydrogens is 252 g/mol. The number of rotatable bonds is 2. The molecule has 0 radical (unpaired) electrons. The Morgan fingerprint density at radius 3 is 3.05 bits per heavy atom. The van der Waals surface area contributed by atoms with Crippen LogP contribution in [0.3, 0.4) is 0 Å². The number of aromatic nitrogens is 2. The fourth-order valence-corrected chi connectivity index (χ4v) is 3.07. The van der Waals surface area contributed by atoms with Gasteiger partial charge in [0.05, 0.1) is 5.52 Å². The van der Waals surface area contributed by atoms with Crippen LogP contribution in [-0.2, 0) is 0 Å². The van der Waals surface area contributed by atoms with Gasteiger partial charge < -0.3 is 10.6 Å². The number of benzene rings is 1. The highest BCUT2D eigenvalue weighted by atomic mass is 16.2. The number of carbonyl (C=O) groups excluding carboxylic acids is 1. The average Bonchev–Trinajstić information content (AvgIpc) is 3.04. The fourth-order valence-electron chi connectivity index (χ4n) is 3.07. The Hall–Kier alpha value is -2.04. The summed E-state index contributed by atoms with van der Waals surface area (Å²) in [6.45, 7) is 5.15. The van der Waals surface area contributed by atoms with E-state index in [0.717, 1.165) is 30.3 Å². The van der Waals surface area contributed by atoms with E-state index in [0.29, 0.717) is 23.3 Å². The van der Waals surface area contributed by atoms with Gasteiger partial charge in [-0.3, -0.25) is 9.89 Å². The standard InChI is InChI=1S/C15H20N4O/c1-9(2)13-4-3-7-19(13)15(20)14-11-8-10(16)5-6-12(11)17-18-14/h5-6,8-9,13H,3-4,7,16H2,1-2H3,(H,17,18). The Bertz CT molecular complexity index is 646. The molecule has 1 aromatic heterocycles. The second-order valence-corrected chi connectivity index (χ2v) is 5.83. The summed E-state index contributed by atoms with van der Waals surface area (Å²) in [5.41, 5.74) is 7.80. The summed E-state index contributed by atoms with van der Waals surface area (Å²) >= 11 is 0. The molecule has 1 amide bonds. The van der Waals surface area contributed by atoms with E-state index >= 15 is 0 Å². The molecule has 1 aromatic carbocycles. The number of fused-ring (bicyclic) bond motifs is 1. The molecule has 1 aliphatic heterocycles. The molecule has 1 unspecified atom stereocenters. The first kappa shape index (κ1) is 13.0. The molecule has 1 saturated heterocycles. The number of amides is 1. The minimum absolute atomic E-state index is 0.0121. The number of nitrogens with one attached hydrogen (secondary N) is 1. The van der Waals surface area contributed by atoms with Crippen LogP contribution in [0.15, 0.2) is 18.2 Å². The van der Waals surface area contributed by atoms with Crippen LogP contribution in [0.5, 0.6) is 0 Å². The lowest BCUT2D eigenvalue weighted by Gasteiger charge is -2.27. The summed E-state index contributed by atoms with van der Waals surface area (Å²) in [6, 6.07) is 5.79.